The normalized spacial score (nSPS) is 27.9. The number of rotatable bonds is 4. The number of ether oxygens (including phenoxy) is 1. The first kappa shape index (κ1) is 13.5. The Hall–Kier alpha value is -0.610. The van der Waals surface area contributed by atoms with Gasteiger partial charge >= 0.3 is 0 Å². The third-order valence-corrected chi connectivity index (χ3v) is 3.06. The Morgan fingerprint density at radius 3 is 2.88 bits per heavy atom. The Morgan fingerprint density at radius 2 is 2.25 bits per heavy atom. The number of hydrogen-bond acceptors (Lipinski definition) is 3. The van der Waals surface area contributed by atoms with Gasteiger partial charge in [-0.05, 0) is 19.8 Å². The van der Waals surface area contributed by atoms with Gasteiger partial charge in [-0.15, -0.1) is 0 Å². The Kier molecular flexibility index (Phi) is 5.22. The van der Waals surface area contributed by atoms with Gasteiger partial charge in [-0.1, -0.05) is 6.92 Å². The first-order valence-corrected chi connectivity index (χ1v) is 6.06. The van der Waals surface area contributed by atoms with E-state index >= 15 is 0 Å². The van der Waals surface area contributed by atoms with Crippen molar-refractivity contribution in [3.05, 3.63) is 0 Å². The number of piperazine rings is 1. The largest absolute Gasteiger partial charge is 0.384 e. The first-order valence-electron chi connectivity index (χ1n) is 6.06. The number of hydrogen-bond donors (Lipinski definition) is 1. The van der Waals surface area contributed by atoms with Crippen molar-refractivity contribution < 1.29 is 9.53 Å². The van der Waals surface area contributed by atoms with Crippen LogP contribution in [0.15, 0.2) is 0 Å². The van der Waals surface area contributed by atoms with Crippen LogP contribution in [-0.4, -0.2) is 49.7 Å². The number of carbonyl (C=O) groups is 1. The van der Waals surface area contributed by atoms with Gasteiger partial charge in [-0.25, -0.2) is 0 Å². The summed E-state index contributed by atoms with van der Waals surface area (Å²) in [6.07, 6.45) is 0.588. The molecule has 0 aromatic rings. The molecular formula is C12H24N2O2. The summed E-state index contributed by atoms with van der Waals surface area (Å²) in [5.74, 6) is 0.556. The minimum Gasteiger partial charge on any atom is -0.384 e. The third-order valence-electron chi connectivity index (χ3n) is 3.06. The van der Waals surface area contributed by atoms with E-state index in [1.54, 1.807) is 7.11 Å². The summed E-state index contributed by atoms with van der Waals surface area (Å²) in [5, 5.41) is 3.38. The molecule has 0 aromatic carbocycles. The van der Waals surface area contributed by atoms with Gasteiger partial charge in [0.05, 0.1) is 0 Å². The Bertz CT molecular complexity index is 233. The summed E-state index contributed by atoms with van der Waals surface area (Å²) < 4.78 is 5.06. The van der Waals surface area contributed by atoms with Gasteiger partial charge in [-0.3, -0.25) is 4.79 Å². The highest BCUT2D eigenvalue weighted by Crippen LogP contribution is 2.12. The Labute approximate surface area is 98.3 Å². The zero-order valence-corrected chi connectivity index (χ0v) is 10.8. The van der Waals surface area contributed by atoms with Gasteiger partial charge in [0.15, 0.2) is 0 Å². The molecule has 1 aliphatic rings. The standard InChI is InChI=1S/C12H24N2O2/c1-9(8-16-4)5-12(15)14-7-10(2)13-6-11(14)3/h9-11,13H,5-8H2,1-4H3. The van der Waals surface area contributed by atoms with Gasteiger partial charge in [0.1, 0.15) is 0 Å². The molecule has 1 heterocycles. The third kappa shape index (κ3) is 3.76. The van der Waals surface area contributed by atoms with Crippen LogP contribution in [0.3, 0.4) is 0 Å². The lowest BCUT2D eigenvalue weighted by Gasteiger charge is -2.38. The van der Waals surface area contributed by atoms with Gasteiger partial charge in [0, 0.05) is 45.3 Å². The monoisotopic (exact) mass is 228 g/mol. The number of nitrogens with zero attached hydrogens (tertiary/aromatic N) is 1. The molecule has 1 N–H and O–H groups in total. The number of carbonyl (C=O) groups excluding carboxylic acids is 1. The van der Waals surface area contributed by atoms with Crippen molar-refractivity contribution in [2.24, 2.45) is 5.92 Å². The lowest BCUT2D eigenvalue weighted by Crippen LogP contribution is -2.56. The van der Waals surface area contributed by atoms with Crippen LogP contribution in [0, 0.1) is 5.92 Å². The zero-order valence-electron chi connectivity index (χ0n) is 10.8. The fourth-order valence-electron chi connectivity index (χ4n) is 2.13. The average molecular weight is 228 g/mol. The fraction of sp³-hybridized carbons (Fsp3) is 0.917. The maximum atomic E-state index is 12.1. The predicted molar refractivity (Wildman–Crippen MR) is 64.3 cm³/mol. The molecule has 4 nitrogen and oxygen atoms in total. The summed E-state index contributed by atoms with van der Waals surface area (Å²) in [7, 11) is 1.68. The van der Waals surface area contributed by atoms with Crippen LogP contribution >= 0.6 is 0 Å². The van der Waals surface area contributed by atoms with Crippen LogP contribution in [0.1, 0.15) is 27.2 Å². The lowest BCUT2D eigenvalue weighted by molar-refractivity contribution is -0.135. The van der Waals surface area contributed by atoms with Gasteiger partial charge in [0.2, 0.25) is 5.91 Å². The van der Waals surface area contributed by atoms with Crippen LogP contribution < -0.4 is 5.32 Å². The van der Waals surface area contributed by atoms with Crippen molar-refractivity contribution in [2.45, 2.75) is 39.3 Å². The number of amides is 1. The molecule has 4 heteroatoms. The predicted octanol–water partition coefficient (Wildman–Crippen LogP) is 0.868. The van der Waals surface area contributed by atoms with E-state index in [-0.39, 0.29) is 5.91 Å². The Morgan fingerprint density at radius 1 is 1.56 bits per heavy atom. The molecule has 3 unspecified atom stereocenters. The van der Waals surface area contributed by atoms with Crippen LogP contribution in [0.2, 0.25) is 0 Å². The van der Waals surface area contributed by atoms with Crippen molar-refractivity contribution in [1.29, 1.82) is 0 Å². The number of methoxy groups -OCH3 is 1. The summed E-state index contributed by atoms with van der Waals surface area (Å²) >= 11 is 0. The van der Waals surface area contributed by atoms with Crippen molar-refractivity contribution in [1.82, 2.24) is 10.2 Å². The van der Waals surface area contributed by atoms with Crippen LogP contribution in [0.5, 0.6) is 0 Å². The summed E-state index contributed by atoms with van der Waals surface area (Å²) in [4.78, 5) is 14.1. The van der Waals surface area contributed by atoms with Crippen LogP contribution in [-0.2, 0) is 9.53 Å². The number of nitrogens with one attached hydrogen (secondary N) is 1. The zero-order chi connectivity index (χ0) is 12.1. The molecule has 16 heavy (non-hydrogen) atoms. The van der Waals surface area contributed by atoms with E-state index in [2.05, 4.69) is 26.1 Å². The molecule has 0 aliphatic carbocycles. The summed E-state index contributed by atoms with van der Waals surface area (Å²) in [6.45, 7) is 8.63. The van der Waals surface area contributed by atoms with E-state index in [0.717, 1.165) is 13.1 Å². The fourth-order valence-corrected chi connectivity index (χ4v) is 2.13. The molecule has 1 rings (SSSR count). The molecule has 1 aliphatic heterocycles. The highest BCUT2D eigenvalue weighted by Gasteiger charge is 2.26. The molecule has 3 atom stereocenters. The topological polar surface area (TPSA) is 41.6 Å². The van der Waals surface area contributed by atoms with E-state index in [1.165, 1.54) is 0 Å². The molecule has 1 amide bonds. The molecule has 1 saturated heterocycles. The van der Waals surface area contributed by atoms with E-state index in [4.69, 9.17) is 4.74 Å². The van der Waals surface area contributed by atoms with Crippen molar-refractivity contribution in [2.75, 3.05) is 26.8 Å². The first-order chi connectivity index (χ1) is 7.54. The van der Waals surface area contributed by atoms with Crippen molar-refractivity contribution in [3.63, 3.8) is 0 Å². The molecule has 0 bridgehead atoms. The van der Waals surface area contributed by atoms with Crippen molar-refractivity contribution in [3.8, 4) is 0 Å². The molecule has 0 radical (unpaired) electrons. The highest BCUT2D eigenvalue weighted by molar-refractivity contribution is 5.77. The maximum absolute atomic E-state index is 12.1. The highest BCUT2D eigenvalue weighted by atomic mass is 16.5. The minimum absolute atomic E-state index is 0.255. The smallest absolute Gasteiger partial charge is 0.223 e. The molecule has 94 valence electrons. The van der Waals surface area contributed by atoms with Gasteiger partial charge in [-0.2, -0.15) is 0 Å². The second-order valence-corrected chi connectivity index (χ2v) is 4.97. The molecule has 0 spiro atoms. The second-order valence-electron chi connectivity index (χ2n) is 4.97. The van der Waals surface area contributed by atoms with Gasteiger partial charge < -0.3 is 15.0 Å². The molecule has 0 saturated carbocycles. The molecule has 1 fully saturated rings. The van der Waals surface area contributed by atoms with E-state index in [1.807, 2.05) is 4.90 Å². The summed E-state index contributed by atoms with van der Waals surface area (Å²) in [5.41, 5.74) is 0. The van der Waals surface area contributed by atoms with Crippen LogP contribution in [0.25, 0.3) is 0 Å². The summed E-state index contributed by atoms with van der Waals surface area (Å²) in [6, 6.07) is 0.705. The second kappa shape index (κ2) is 6.21. The van der Waals surface area contributed by atoms with Crippen LogP contribution in [0.4, 0.5) is 0 Å². The average Bonchev–Trinajstić information content (AvgIpc) is 2.21. The van der Waals surface area contributed by atoms with E-state index < -0.39 is 0 Å². The van der Waals surface area contributed by atoms with E-state index in [9.17, 15) is 4.79 Å². The minimum atomic E-state index is 0.255. The van der Waals surface area contributed by atoms with E-state index in [0.29, 0.717) is 31.0 Å². The van der Waals surface area contributed by atoms with Gasteiger partial charge in [0.25, 0.3) is 0 Å². The Balaban J connectivity index is 2.45. The molecular weight excluding hydrogens is 204 g/mol. The maximum Gasteiger partial charge on any atom is 0.223 e. The quantitative estimate of drug-likeness (QED) is 0.776. The lowest BCUT2D eigenvalue weighted by atomic mass is 10.1. The SMILES string of the molecule is COCC(C)CC(=O)N1CC(C)NCC1C. The molecule has 0 aromatic heterocycles. The van der Waals surface area contributed by atoms with Crippen molar-refractivity contribution >= 4 is 5.91 Å².